The van der Waals surface area contributed by atoms with Gasteiger partial charge in [0.25, 0.3) is 0 Å². The van der Waals surface area contributed by atoms with Gasteiger partial charge in [0.15, 0.2) is 0 Å². The van der Waals surface area contributed by atoms with Crippen LogP contribution in [0.3, 0.4) is 0 Å². The second-order valence-corrected chi connectivity index (χ2v) is 9.45. The number of ether oxygens (including phenoxy) is 12. The summed E-state index contributed by atoms with van der Waals surface area (Å²) in [5, 5.41) is 11.8. The van der Waals surface area contributed by atoms with E-state index in [2.05, 4.69) is 26.0 Å². The number of amides is 1. The molecule has 45 heavy (non-hydrogen) atoms. The van der Waals surface area contributed by atoms with E-state index in [9.17, 15) is 9.59 Å². The molecule has 0 aromatic rings. The SMILES string of the molecule is O=C(O)COCC(=O)NCCOCCOCCOCCOCCOCCOCCOCCOCCOCCOCCOCCBr. The largest absolute Gasteiger partial charge is 0.480 e. The van der Waals surface area contributed by atoms with Crippen LogP contribution < -0.4 is 5.32 Å². The minimum atomic E-state index is -1.12. The lowest BCUT2D eigenvalue weighted by molar-refractivity contribution is -0.143. The van der Waals surface area contributed by atoms with E-state index in [1.165, 1.54) is 0 Å². The van der Waals surface area contributed by atoms with Crippen LogP contribution in [0.1, 0.15) is 0 Å². The Bertz CT molecular complexity index is 625. The van der Waals surface area contributed by atoms with Crippen molar-refractivity contribution in [1.82, 2.24) is 5.32 Å². The maximum absolute atomic E-state index is 11.3. The first-order chi connectivity index (χ1) is 22.2. The van der Waals surface area contributed by atoms with E-state index in [0.29, 0.717) is 152 Å². The molecular weight excluding hydrogens is 670 g/mol. The molecule has 16 nitrogen and oxygen atoms in total. The Hall–Kier alpha value is -1.06. The number of nitrogens with one attached hydrogen (secondary N) is 1. The van der Waals surface area contributed by atoms with E-state index < -0.39 is 18.5 Å². The van der Waals surface area contributed by atoms with E-state index in [-0.39, 0.29) is 6.61 Å². The molecule has 268 valence electrons. The van der Waals surface area contributed by atoms with Gasteiger partial charge in [-0.1, -0.05) is 15.9 Å². The van der Waals surface area contributed by atoms with Crippen LogP contribution in [-0.2, 0) is 66.4 Å². The smallest absolute Gasteiger partial charge is 0.329 e. The molecule has 0 radical (unpaired) electrons. The van der Waals surface area contributed by atoms with Crippen molar-refractivity contribution in [2.45, 2.75) is 0 Å². The zero-order valence-corrected chi connectivity index (χ0v) is 28.0. The Morgan fingerprint density at radius 1 is 0.400 bits per heavy atom. The standard InChI is InChI=1S/C28H54BrNO15/c29-1-3-34-5-7-36-9-11-38-13-15-40-17-19-42-21-23-44-24-22-43-20-18-41-16-14-39-12-10-37-8-6-35-4-2-30-27(31)25-45-26-28(32)33/h1-26H2,(H,30,31)(H,32,33). The van der Waals surface area contributed by atoms with Gasteiger partial charge in [-0.05, 0) is 0 Å². The van der Waals surface area contributed by atoms with Crippen LogP contribution >= 0.6 is 15.9 Å². The van der Waals surface area contributed by atoms with Crippen molar-refractivity contribution < 1.29 is 71.5 Å². The van der Waals surface area contributed by atoms with Gasteiger partial charge in [-0.3, -0.25) is 4.79 Å². The van der Waals surface area contributed by atoms with Gasteiger partial charge in [-0.15, -0.1) is 0 Å². The van der Waals surface area contributed by atoms with E-state index in [1.54, 1.807) is 0 Å². The van der Waals surface area contributed by atoms with E-state index in [0.717, 1.165) is 5.33 Å². The van der Waals surface area contributed by atoms with Crippen LogP contribution in [0.2, 0.25) is 0 Å². The molecule has 17 heteroatoms. The summed E-state index contributed by atoms with van der Waals surface area (Å²) >= 11 is 3.29. The Kier molecular flexibility index (Phi) is 38.2. The van der Waals surface area contributed by atoms with Gasteiger partial charge in [0, 0.05) is 11.9 Å². The van der Waals surface area contributed by atoms with Gasteiger partial charge in [-0.25, -0.2) is 4.79 Å². The average Bonchev–Trinajstić information content (AvgIpc) is 3.02. The predicted molar refractivity (Wildman–Crippen MR) is 164 cm³/mol. The highest BCUT2D eigenvalue weighted by molar-refractivity contribution is 9.09. The van der Waals surface area contributed by atoms with Crippen LogP contribution in [0.25, 0.3) is 0 Å². The quantitative estimate of drug-likeness (QED) is 0.0628. The Labute approximate surface area is 274 Å². The minimum Gasteiger partial charge on any atom is -0.480 e. The number of carboxylic acids is 1. The maximum Gasteiger partial charge on any atom is 0.329 e. The minimum absolute atomic E-state index is 0.301. The second-order valence-electron chi connectivity index (χ2n) is 8.66. The highest BCUT2D eigenvalue weighted by Gasteiger charge is 2.03. The van der Waals surface area contributed by atoms with Crippen molar-refractivity contribution in [2.75, 3.05) is 170 Å². The summed E-state index contributed by atoms with van der Waals surface area (Å²) in [6.45, 7) is 10.3. The molecule has 2 N–H and O–H groups in total. The molecule has 0 spiro atoms. The van der Waals surface area contributed by atoms with Crippen LogP contribution in [0.4, 0.5) is 0 Å². The molecule has 0 saturated heterocycles. The molecule has 0 rings (SSSR count). The summed E-state index contributed by atoms with van der Waals surface area (Å²) in [5.74, 6) is -1.52. The van der Waals surface area contributed by atoms with E-state index in [1.807, 2.05) is 0 Å². The van der Waals surface area contributed by atoms with Crippen LogP contribution in [0, 0.1) is 0 Å². The van der Waals surface area contributed by atoms with Crippen LogP contribution in [0.5, 0.6) is 0 Å². The molecule has 0 bridgehead atoms. The fourth-order valence-electron chi connectivity index (χ4n) is 2.90. The number of alkyl halides is 1. The monoisotopic (exact) mass is 723 g/mol. The van der Waals surface area contributed by atoms with Crippen molar-refractivity contribution in [3.8, 4) is 0 Å². The number of hydrogen-bond acceptors (Lipinski definition) is 14. The number of aliphatic carboxylic acids is 1. The summed E-state index contributed by atoms with van der Waals surface area (Å²) < 4.78 is 64.1. The molecule has 0 aliphatic rings. The van der Waals surface area contributed by atoms with Crippen molar-refractivity contribution >= 4 is 27.8 Å². The maximum atomic E-state index is 11.3. The summed E-state index contributed by atoms with van der Waals surface area (Å²) in [5.41, 5.74) is 0. The predicted octanol–water partition coefficient (Wildman–Crippen LogP) is -0.219. The summed E-state index contributed by atoms with van der Waals surface area (Å²) in [6.07, 6.45) is 0. The van der Waals surface area contributed by atoms with E-state index in [4.69, 9.17) is 57.2 Å². The lowest BCUT2D eigenvalue weighted by atomic mass is 10.6. The van der Waals surface area contributed by atoms with Crippen LogP contribution in [-0.4, -0.2) is 187 Å². The zero-order chi connectivity index (χ0) is 32.7. The highest BCUT2D eigenvalue weighted by atomic mass is 79.9. The lowest BCUT2D eigenvalue weighted by Gasteiger charge is -2.09. The molecule has 0 unspecified atom stereocenters. The number of rotatable bonds is 39. The second kappa shape index (κ2) is 39.1. The van der Waals surface area contributed by atoms with Gasteiger partial charge in [0.05, 0.1) is 145 Å². The van der Waals surface area contributed by atoms with Crippen molar-refractivity contribution in [2.24, 2.45) is 0 Å². The number of halogens is 1. The van der Waals surface area contributed by atoms with Gasteiger partial charge in [0.1, 0.15) is 13.2 Å². The first kappa shape index (κ1) is 43.9. The van der Waals surface area contributed by atoms with Gasteiger partial charge < -0.3 is 67.3 Å². The normalized spacial score (nSPS) is 11.3. The molecule has 0 saturated carbocycles. The molecule has 0 fully saturated rings. The van der Waals surface area contributed by atoms with Crippen LogP contribution in [0.15, 0.2) is 0 Å². The Morgan fingerprint density at radius 3 is 0.933 bits per heavy atom. The first-order valence-corrected chi connectivity index (χ1v) is 16.3. The van der Waals surface area contributed by atoms with Gasteiger partial charge in [0.2, 0.25) is 5.91 Å². The molecular formula is C28H54BrNO15. The van der Waals surface area contributed by atoms with Crippen molar-refractivity contribution in [3.63, 3.8) is 0 Å². The molecule has 0 atom stereocenters. The molecule has 0 aliphatic carbocycles. The number of carbonyl (C=O) groups excluding carboxylic acids is 1. The van der Waals surface area contributed by atoms with Gasteiger partial charge in [-0.2, -0.15) is 0 Å². The number of carbonyl (C=O) groups is 2. The van der Waals surface area contributed by atoms with E-state index >= 15 is 0 Å². The number of carboxylic acid groups (broad SMARTS) is 1. The Balaban J connectivity index is 3.08. The third kappa shape index (κ3) is 40.9. The third-order valence-electron chi connectivity index (χ3n) is 4.97. The summed E-state index contributed by atoms with van der Waals surface area (Å²) in [4.78, 5) is 21.6. The zero-order valence-electron chi connectivity index (χ0n) is 26.4. The summed E-state index contributed by atoms with van der Waals surface area (Å²) in [7, 11) is 0. The highest BCUT2D eigenvalue weighted by Crippen LogP contribution is 1.87. The average molecular weight is 725 g/mol. The topological polar surface area (TPSA) is 177 Å². The van der Waals surface area contributed by atoms with Crippen molar-refractivity contribution in [3.05, 3.63) is 0 Å². The molecule has 0 heterocycles. The number of hydrogen-bond donors (Lipinski definition) is 2. The first-order valence-electron chi connectivity index (χ1n) is 15.1. The fourth-order valence-corrected chi connectivity index (χ4v) is 3.13. The van der Waals surface area contributed by atoms with Gasteiger partial charge >= 0.3 is 5.97 Å². The van der Waals surface area contributed by atoms with Crippen molar-refractivity contribution in [1.29, 1.82) is 0 Å². The summed E-state index contributed by atoms with van der Waals surface area (Å²) in [6, 6.07) is 0. The Morgan fingerprint density at radius 2 is 0.667 bits per heavy atom. The molecule has 0 aromatic carbocycles. The molecule has 1 amide bonds. The third-order valence-corrected chi connectivity index (χ3v) is 5.29. The molecule has 0 aliphatic heterocycles. The molecule has 0 aromatic heterocycles. The lowest BCUT2D eigenvalue weighted by Crippen LogP contribution is -2.31. The fraction of sp³-hybridized carbons (Fsp3) is 0.929.